The van der Waals surface area contributed by atoms with Gasteiger partial charge in [-0.05, 0) is 13.8 Å². The molecule has 0 saturated carbocycles. The van der Waals surface area contributed by atoms with Crippen LogP contribution >= 0.6 is 19.2 Å². The standard InChI is InChI=1S/C20H23ClF2N5O7P/c1-19(2)34-14-11(6-32-9-36(29,30)31)33-18(15(14)35-19)28-8-25-12-13(27-4-3-20(22,23)7-27)10(5-24)16(21)26-17(12)28/h8,11,14-15,18H,3-4,6-7,9H2,1-2H3,(H2,29,30,31)/t11-,14-,15-,18-/m1/s1. The molecule has 0 spiro atoms. The van der Waals surface area contributed by atoms with Crippen molar-refractivity contribution < 1.29 is 42.1 Å². The van der Waals surface area contributed by atoms with Gasteiger partial charge in [0.05, 0.1) is 25.2 Å². The Morgan fingerprint density at radius 1 is 1.36 bits per heavy atom. The number of halogens is 3. The summed E-state index contributed by atoms with van der Waals surface area (Å²) in [5.41, 5.74) is 0.511. The molecule has 2 aromatic rings. The van der Waals surface area contributed by atoms with Gasteiger partial charge in [0.1, 0.15) is 41.8 Å². The number of fused-ring (bicyclic) bond motifs is 2. The monoisotopic (exact) mass is 549 g/mol. The van der Waals surface area contributed by atoms with Crippen LogP contribution in [0.2, 0.25) is 5.15 Å². The van der Waals surface area contributed by atoms with Crippen LogP contribution in [0, 0.1) is 11.3 Å². The number of hydrogen-bond donors (Lipinski definition) is 2. The molecule has 2 N–H and O–H groups in total. The number of rotatable bonds is 6. The number of aromatic nitrogens is 3. The number of alkyl halides is 2. The van der Waals surface area contributed by atoms with E-state index in [2.05, 4.69) is 9.97 Å². The minimum Gasteiger partial charge on any atom is -0.366 e. The fraction of sp³-hybridized carbons (Fsp3) is 0.650. The molecule has 0 radical (unpaired) electrons. The van der Waals surface area contributed by atoms with E-state index in [9.17, 15) is 18.6 Å². The molecule has 2 aromatic heterocycles. The van der Waals surface area contributed by atoms with Crippen LogP contribution in [0.3, 0.4) is 0 Å². The fourth-order valence-corrected chi connectivity index (χ4v) is 5.38. The molecule has 4 atom stereocenters. The van der Waals surface area contributed by atoms with Crippen LogP contribution in [0.5, 0.6) is 0 Å². The second-order valence-electron chi connectivity index (χ2n) is 9.38. The van der Waals surface area contributed by atoms with Gasteiger partial charge in [-0.1, -0.05) is 11.6 Å². The first-order valence-corrected chi connectivity index (χ1v) is 13.2. The minimum absolute atomic E-state index is 0.0126. The number of pyridine rings is 1. The molecule has 3 aliphatic rings. The van der Waals surface area contributed by atoms with Crippen LogP contribution in [0.1, 0.15) is 32.1 Å². The van der Waals surface area contributed by atoms with Crippen molar-refractivity contribution >= 4 is 36.0 Å². The molecule has 3 fully saturated rings. The number of imidazole rings is 1. The Balaban J connectivity index is 1.52. The Labute approximate surface area is 208 Å². The third-order valence-electron chi connectivity index (χ3n) is 6.18. The summed E-state index contributed by atoms with van der Waals surface area (Å²) in [6.45, 7) is 2.66. The molecule has 0 aliphatic carbocycles. The number of hydrogen-bond acceptors (Lipinski definition) is 9. The van der Waals surface area contributed by atoms with Crippen molar-refractivity contribution in [2.75, 3.05) is 30.9 Å². The second kappa shape index (κ2) is 8.82. The van der Waals surface area contributed by atoms with E-state index in [-0.39, 0.29) is 47.1 Å². The summed E-state index contributed by atoms with van der Waals surface area (Å²) in [6.07, 6.45) is -2.72. The first kappa shape index (κ1) is 25.7. The highest BCUT2D eigenvalue weighted by Gasteiger charge is 2.56. The number of nitriles is 1. The van der Waals surface area contributed by atoms with Crippen molar-refractivity contribution in [1.82, 2.24) is 14.5 Å². The summed E-state index contributed by atoms with van der Waals surface area (Å²) in [6, 6.07) is 1.94. The first-order chi connectivity index (χ1) is 16.8. The average molecular weight is 550 g/mol. The second-order valence-corrected chi connectivity index (χ2v) is 11.3. The summed E-state index contributed by atoms with van der Waals surface area (Å²) >= 11 is 6.31. The van der Waals surface area contributed by atoms with Gasteiger partial charge in [0.15, 0.2) is 22.8 Å². The van der Waals surface area contributed by atoms with Crippen molar-refractivity contribution in [1.29, 1.82) is 5.26 Å². The summed E-state index contributed by atoms with van der Waals surface area (Å²) in [5, 5.41) is 9.50. The van der Waals surface area contributed by atoms with Crippen molar-refractivity contribution in [2.45, 2.75) is 56.5 Å². The Hall–Kier alpha value is -1.95. The van der Waals surface area contributed by atoms with Crippen LogP contribution in [-0.4, -0.2) is 80.4 Å². The van der Waals surface area contributed by atoms with E-state index >= 15 is 0 Å². The molecule has 0 amide bonds. The molecule has 3 aliphatic heterocycles. The van der Waals surface area contributed by atoms with Crippen LogP contribution in [0.15, 0.2) is 6.33 Å². The summed E-state index contributed by atoms with van der Waals surface area (Å²) in [7, 11) is -4.38. The first-order valence-electron chi connectivity index (χ1n) is 11.0. The van der Waals surface area contributed by atoms with Gasteiger partial charge in [-0.3, -0.25) is 9.13 Å². The predicted octanol–water partition coefficient (Wildman–Crippen LogP) is 2.37. The van der Waals surface area contributed by atoms with Gasteiger partial charge < -0.3 is 33.6 Å². The fourth-order valence-electron chi connectivity index (χ4n) is 4.82. The Morgan fingerprint density at radius 3 is 2.72 bits per heavy atom. The van der Waals surface area contributed by atoms with E-state index in [1.807, 2.05) is 6.07 Å². The van der Waals surface area contributed by atoms with E-state index in [4.69, 9.17) is 40.3 Å². The zero-order valence-electron chi connectivity index (χ0n) is 19.2. The molecule has 0 aromatic carbocycles. The number of anilines is 1. The average Bonchev–Trinajstić information content (AvgIpc) is 3.48. The topological polar surface area (TPSA) is 152 Å². The van der Waals surface area contributed by atoms with Crippen molar-refractivity contribution in [3.05, 3.63) is 17.0 Å². The molecule has 5 heterocycles. The van der Waals surface area contributed by atoms with E-state index in [0.29, 0.717) is 0 Å². The number of nitrogens with zero attached hydrogens (tertiary/aromatic N) is 5. The highest BCUT2D eigenvalue weighted by atomic mass is 35.5. The summed E-state index contributed by atoms with van der Waals surface area (Å²) < 4.78 is 63.9. The summed E-state index contributed by atoms with van der Waals surface area (Å²) in [5.74, 6) is -3.90. The van der Waals surface area contributed by atoms with E-state index in [1.165, 1.54) is 15.8 Å². The zero-order chi connectivity index (χ0) is 26.0. The minimum atomic E-state index is -4.38. The lowest BCUT2D eigenvalue weighted by atomic mass is 10.1. The van der Waals surface area contributed by atoms with Gasteiger partial charge >= 0.3 is 7.60 Å². The zero-order valence-corrected chi connectivity index (χ0v) is 20.8. The van der Waals surface area contributed by atoms with E-state index < -0.39 is 56.7 Å². The molecule has 0 unspecified atom stereocenters. The lowest BCUT2D eigenvalue weighted by Gasteiger charge is -2.25. The van der Waals surface area contributed by atoms with Crippen LogP contribution in [-0.2, 0) is 23.5 Å². The summed E-state index contributed by atoms with van der Waals surface area (Å²) in [4.78, 5) is 28.2. The van der Waals surface area contributed by atoms with Gasteiger partial charge in [0.25, 0.3) is 5.92 Å². The van der Waals surface area contributed by atoms with Gasteiger partial charge in [-0.25, -0.2) is 18.7 Å². The normalized spacial score (nSPS) is 29.1. The molecule has 12 nitrogen and oxygen atoms in total. The lowest BCUT2D eigenvalue weighted by molar-refractivity contribution is -0.201. The molecular weight excluding hydrogens is 527 g/mol. The van der Waals surface area contributed by atoms with Gasteiger partial charge in [-0.2, -0.15) is 5.26 Å². The number of ether oxygens (including phenoxy) is 4. The molecule has 3 saturated heterocycles. The van der Waals surface area contributed by atoms with Crippen molar-refractivity contribution in [3.8, 4) is 6.07 Å². The van der Waals surface area contributed by atoms with Gasteiger partial charge in [-0.15, -0.1) is 0 Å². The Bertz CT molecular complexity index is 1280. The third kappa shape index (κ3) is 4.70. The van der Waals surface area contributed by atoms with E-state index in [1.54, 1.807) is 13.8 Å². The molecular formula is C20H23ClF2N5O7P. The maximum absolute atomic E-state index is 14.0. The maximum atomic E-state index is 14.0. The Morgan fingerprint density at radius 2 is 2.08 bits per heavy atom. The highest BCUT2D eigenvalue weighted by Crippen LogP contribution is 2.46. The van der Waals surface area contributed by atoms with Crippen molar-refractivity contribution in [2.24, 2.45) is 0 Å². The maximum Gasteiger partial charge on any atom is 0.350 e. The molecule has 196 valence electrons. The van der Waals surface area contributed by atoms with Crippen LogP contribution < -0.4 is 4.90 Å². The van der Waals surface area contributed by atoms with Crippen LogP contribution in [0.25, 0.3) is 11.2 Å². The molecule has 5 rings (SSSR count). The van der Waals surface area contributed by atoms with Gasteiger partial charge in [0, 0.05) is 13.0 Å². The molecule has 0 bridgehead atoms. The SMILES string of the molecule is CC1(C)O[C@@H]2[C@H](O1)[C@@H](COCP(=O)(O)O)O[C@H]2n1cnc2c(N3CCC(F)(F)C3)c(C#N)c(Cl)nc21. The highest BCUT2D eigenvalue weighted by molar-refractivity contribution is 7.51. The van der Waals surface area contributed by atoms with E-state index in [0.717, 1.165) is 0 Å². The predicted molar refractivity (Wildman–Crippen MR) is 120 cm³/mol. The largest absolute Gasteiger partial charge is 0.366 e. The lowest BCUT2D eigenvalue weighted by Crippen LogP contribution is -2.33. The van der Waals surface area contributed by atoms with Crippen molar-refractivity contribution in [3.63, 3.8) is 0 Å². The Kier molecular flexibility index (Phi) is 6.29. The quantitative estimate of drug-likeness (QED) is 0.403. The van der Waals surface area contributed by atoms with Gasteiger partial charge in [0.2, 0.25) is 0 Å². The smallest absolute Gasteiger partial charge is 0.350 e. The molecule has 16 heteroatoms. The molecule has 36 heavy (non-hydrogen) atoms. The third-order valence-corrected chi connectivity index (χ3v) is 6.97. The van der Waals surface area contributed by atoms with Crippen LogP contribution in [0.4, 0.5) is 14.5 Å².